The van der Waals surface area contributed by atoms with Crippen LogP contribution in [0, 0.1) is 0 Å². The van der Waals surface area contributed by atoms with Gasteiger partial charge in [0.05, 0.1) is 0 Å². The number of pyridine rings is 2. The molecule has 0 aliphatic carbocycles. The Morgan fingerprint density at radius 2 is 1.60 bits per heavy atom. The van der Waals surface area contributed by atoms with Crippen LogP contribution in [0.4, 0.5) is 8.78 Å². The van der Waals surface area contributed by atoms with Gasteiger partial charge in [0.15, 0.2) is 0 Å². The molecule has 0 saturated heterocycles. The zero-order valence-corrected chi connectivity index (χ0v) is 18.8. The zero-order valence-electron chi connectivity index (χ0n) is 15.5. The Balaban J connectivity index is 1.79. The Bertz CT molecular complexity index is 1040. The summed E-state index contributed by atoms with van der Waals surface area (Å²) in [5.41, 5.74) is -2.01. The van der Waals surface area contributed by atoms with E-state index in [4.69, 9.17) is 9.79 Å². The third kappa shape index (κ3) is 5.53. The number of halogens is 3. The van der Waals surface area contributed by atoms with Crippen LogP contribution in [-0.4, -0.2) is 19.8 Å². The maximum atomic E-state index is 14.0. The van der Waals surface area contributed by atoms with Crippen LogP contribution in [-0.2, 0) is 22.4 Å². The number of hydrogen-bond acceptors (Lipinski definition) is 4. The van der Waals surface area contributed by atoms with Gasteiger partial charge in [0.1, 0.15) is 0 Å². The number of alkyl halides is 2. The van der Waals surface area contributed by atoms with Crippen molar-refractivity contribution in [3.05, 3.63) is 94.0 Å². The molecule has 0 bridgehead atoms. The van der Waals surface area contributed by atoms with E-state index < -0.39 is 18.8 Å². The van der Waals surface area contributed by atoms with Gasteiger partial charge in [-0.2, -0.15) is 8.78 Å². The van der Waals surface area contributed by atoms with Gasteiger partial charge in [-0.05, 0) is 53.4 Å². The standard InChI is InChI=1S/C20H18BrF2N2O3PS/c21-18-11-15(1-2-17(18)20(22,23)29(26,27)28)13-30-19(16-5-9-25-10-6-16)12-14-3-7-24-8-4-14/h1-11,19H,12-13H2,(H2,26,27,28). The first-order chi connectivity index (χ1) is 14.2. The fraction of sp³-hybridized carbons (Fsp3) is 0.200. The monoisotopic (exact) mass is 514 g/mol. The van der Waals surface area contributed by atoms with Crippen molar-refractivity contribution in [2.24, 2.45) is 0 Å². The molecule has 0 aliphatic heterocycles. The summed E-state index contributed by atoms with van der Waals surface area (Å²) in [5.74, 6) is 0.526. The zero-order chi connectivity index (χ0) is 21.8. The van der Waals surface area contributed by atoms with Crippen molar-refractivity contribution in [3.8, 4) is 0 Å². The predicted octanol–water partition coefficient (Wildman–Crippen LogP) is 5.68. The molecule has 3 aromatic rings. The van der Waals surface area contributed by atoms with E-state index >= 15 is 0 Å². The quantitative estimate of drug-likeness (QED) is 0.376. The van der Waals surface area contributed by atoms with Crippen LogP contribution in [0.2, 0.25) is 0 Å². The molecular weight excluding hydrogens is 497 g/mol. The molecule has 1 aromatic carbocycles. The lowest BCUT2D eigenvalue weighted by Crippen LogP contribution is -2.14. The minimum Gasteiger partial charge on any atom is -0.320 e. The lowest BCUT2D eigenvalue weighted by atomic mass is 10.1. The molecule has 1 unspecified atom stereocenters. The molecule has 5 nitrogen and oxygen atoms in total. The average Bonchev–Trinajstić information content (AvgIpc) is 2.71. The lowest BCUT2D eigenvalue weighted by Gasteiger charge is -2.20. The van der Waals surface area contributed by atoms with Crippen LogP contribution < -0.4 is 0 Å². The number of benzene rings is 1. The Morgan fingerprint density at radius 1 is 1.00 bits per heavy atom. The van der Waals surface area contributed by atoms with E-state index in [0.717, 1.165) is 29.2 Å². The average molecular weight is 515 g/mol. The van der Waals surface area contributed by atoms with E-state index in [9.17, 15) is 13.3 Å². The first-order valence-electron chi connectivity index (χ1n) is 8.81. The molecule has 3 rings (SSSR count). The predicted molar refractivity (Wildman–Crippen MR) is 116 cm³/mol. The van der Waals surface area contributed by atoms with E-state index in [1.807, 2.05) is 24.3 Å². The van der Waals surface area contributed by atoms with E-state index in [1.54, 1.807) is 36.5 Å². The third-order valence-corrected chi connectivity index (χ3v) is 7.39. The number of thioether (sulfide) groups is 1. The number of rotatable bonds is 8. The van der Waals surface area contributed by atoms with Crippen molar-refractivity contribution in [1.29, 1.82) is 0 Å². The van der Waals surface area contributed by atoms with Crippen LogP contribution in [0.1, 0.15) is 27.5 Å². The summed E-state index contributed by atoms with van der Waals surface area (Å²) < 4.78 is 39.2. The summed E-state index contributed by atoms with van der Waals surface area (Å²) in [7, 11) is -5.62. The molecule has 0 radical (unpaired) electrons. The summed E-state index contributed by atoms with van der Waals surface area (Å²) >= 11 is 4.67. The van der Waals surface area contributed by atoms with Crippen molar-refractivity contribution >= 4 is 35.3 Å². The molecule has 1 atom stereocenters. The number of hydrogen-bond donors (Lipinski definition) is 2. The maximum Gasteiger partial charge on any atom is 0.399 e. The third-order valence-electron chi connectivity index (χ3n) is 4.42. The normalized spacial score (nSPS) is 13.2. The van der Waals surface area contributed by atoms with Gasteiger partial charge in [0.25, 0.3) is 0 Å². The molecule has 158 valence electrons. The van der Waals surface area contributed by atoms with Crippen molar-refractivity contribution in [1.82, 2.24) is 9.97 Å². The van der Waals surface area contributed by atoms with Gasteiger partial charge in [-0.15, -0.1) is 11.8 Å². The van der Waals surface area contributed by atoms with Crippen LogP contribution in [0.25, 0.3) is 0 Å². The first kappa shape index (κ1) is 23.0. The molecule has 2 N–H and O–H groups in total. The van der Waals surface area contributed by atoms with Crippen molar-refractivity contribution in [2.45, 2.75) is 23.1 Å². The second-order valence-electron chi connectivity index (χ2n) is 6.54. The van der Waals surface area contributed by atoms with Crippen molar-refractivity contribution in [2.75, 3.05) is 0 Å². The molecule has 30 heavy (non-hydrogen) atoms. The van der Waals surface area contributed by atoms with Gasteiger partial charge in [-0.1, -0.05) is 28.1 Å². The molecule has 0 fully saturated rings. The second-order valence-corrected chi connectivity index (χ2v) is 10.2. The van der Waals surface area contributed by atoms with Crippen molar-refractivity contribution < 1.29 is 23.1 Å². The second kappa shape index (κ2) is 9.66. The van der Waals surface area contributed by atoms with Gasteiger partial charge in [-0.25, -0.2) is 0 Å². The summed E-state index contributed by atoms with van der Waals surface area (Å²) in [6.07, 6.45) is 7.68. The van der Waals surface area contributed by atoms with Crippen LogP contribution >= 0.6 is 35.3 Å². The minimum atomic E-state index is -5.62. The molecule has 0 amide bonds. The van der Waals surface area contributed by atoms with Gasteiger partial charge in [0.2, 0.25) is 0 Å². The highest BCUT2D eigenvalue weighted by atomic mass is 79.9. The fourth-order valence-electron chi connectivity index (χ4n) is 2.83. The molecule has 0 spiro atoms. The molecule has 0 aliphatic rings. The lowest BCUT2D eigenvalue weighted by molar-refractivity contribution is 0.0557. The highest BCUT2D eigenvalue weighted by Crippen LogP contribution is 2.60. The summed E-state index contributed by atoms with van der Waals surface area (Å²) in [6.45, 7) is 0. The van der Waals surface area contributed by atoms with Gasteiger partial charge in [0, 0.05) is 45.8 Å². The van der Waals surface area contributed by atoms with Gasteiger partial charge in [-0.3, -0.25) is 14.5 Å². The minimum absolute atomic E-state index is 0.0384. The molecule has 10 heteroatoms. The molecule has 2 aromatic heterocycles. The largest absolute Gasteiger partial charge is 0.399 e. The Hall–Kier alpha value is -1.64. The first-order valence-corrected chi connectivity index (χ1v) is 12.3. The van der Waals surface area contributed by atoms with Gasteiger partial charge < -0.3 is 9.79 Å². The topological polar surface area (TPSA) is 83.3 Å². The summed E-state index contributed by atoms with van der Waals surface area (Å²) in [5, 5.41) is 0.102. The van der Waals surface area contributed by atoms with Crippen molar-refractivity contribution in [3.63, 3.8) is 0 Å². The maximum absolute atomic E-state index is 14.0. The summed E-state index contributed by atoms with van der Waals surface area (Å²) in [4.78, 5) is 26.0. The summed E-state index contributed by atoms with van der Waals surface area (Å²) in [6, 6.07) is 11.8. The van der Waals surface area contributed by atoms with E-state index in [1.165, 1.54) is 12.1 Å². The van der Waals surface area contributed by atoms with E-state index in [0.29, 0.717) is 5.75 Å². The molecule has 0 saturated carbocycles. The van der Waals surface area contributed by atoms with E-state index in [2.05, 4.69) is 25.9 Å². The highest BCUT2D eigenvalue weighted by Gasteiger charge is 2.51. The van der Waals surface area contributed by atoms with Gasteiger partial charge >= 0.3 is 13.3 Å². The Morgan fingerprint density at radius 3 is 2.17 bits per heavy atom. The fourth-order valence-corrected chi connectivity index (χ4v) is 5.40. The van der Waals surface area contributed by atoms with Crippen LogP contribution in [0.5, 0.6) is 0 Å². The Kier molecular flexibility index (Phi) is 7.42. The van der Waals surface area contributed by atoms with Crippen LogP contribution in [0.3, 0.4) is 0 Å². The molecule has 2 heterocycles. The SMILES string of the molecule is O=P(O)(O)C(F)(F)c1ccc(CSC(Cc2ccncc2)c2ccncc2)cc1Br. The smallest absolute Gasteiger partial charge is 0.320 e. The number of aromatic nitrogens is 2. The Labute approximate surface area is 185 Å². The number of nitrogens with zero attached hydrogens (tertiary/aromatic N) is 2. The highest BCUT2D eigenvalue weighted by molar-refractivity contribution is 9.10. The molecular formula is C20H18BrF2N2O3PS. The van der Waals surface area contributed by atoms with Crippen LogP contribution in [0.15, 0.2) is 71.7 Å². The van der Waals surface area contributed by atoms with E-state index in [-0.39, 0.29) is 9.72 Å².